The number of carbonyl (C=O) groups excluding carboxylic acids is 2. The highest BCUT2D eigenvalue weighted by Crippen LogP contribution is 2.20. The molecule has 0 fully saturated rings. The van der Waals surface area contributed by atoms with Gasteiger partial charge >= 0.3 is 5.97 Å². The van der Waals surface area contributed by atoms with E-state index in [1.165, 1.54) is 379 Å². The maximum Gasteiger partial charge on any atom is 0.305 e. The fourth-order valence-corrected chi connectivity index (χ4v) is 12.8. The Bertz CT molecular complexity index is 1430. The van der Waals surface area contributed by atoms with Crippen molar-refractivity contribution >= 4 is 11.9 Å². The van der Waals surface area contributed by atoms with Crippen LogP contribution in [0.4, 0.5) is 0 Å². The molecule has 0 spiro atoms. The summed E-state index contributed by atoms with van der Waals surface area (Å²) in [5.41, 5.74) is 0. The molecule has 0 bridgehead atoms. The molecule has 88 heavy (non-hydrogen) atoms. The van der Waals surface area contributed by atoms with Crippen LogP contribution in [0.25, 0.3) is 0 Å². The minimum Gasteiger partial charge on any atom is -0.466 e. The number of carbonyl (C=O) groups is 2. The quantitative estimate of drug-likeness (QED) is 0.0320. The van der Waals surface area contributed by atoms with Gasteiger partial charge in [0, 0.05) is 12.8 Å². The Hall–Kier alpha value is -1.92. The first-order valence-electron chi connectivity index (χ1n) is 40.3. The van der Waals surface area contributed by atoms with Crippen molar-refractivity contribution in [1.29, 1.82) is 0 Å². The summed E-state index contributed by atoms with van der Waals surface area (Å²) in [5.74, 6) is -0.0374. The number of rotatable bonds is 76. The van der Waals surface area contributed by atoms with E-state index >= 15 is 0 Å². The minimum absolute atomic E-state index is 0.0244. The Labute approximate surface area is 551 Å². The first-order chi connectivity index (χ1) is 43.5. The molecule has 0 aliphatic rings. The molecule has 1 amide bonds. The van der Waals surface area contributed by atoms with Gasteiger partial charge in [0.05, 0.1) is 25.4 Å². The van der Waals surface area contributed by atoms with Gasteiger partial charge in [0.25, 0.3) is 0 Å². The van der Waals surface area contributed by atoms with E-state index in [9.17, 15) is 19.8 Å². The van der Waals surface area contributed by atoms with Gasteiger partial charge in [-0.1, -0.05) is 410 Å². The Morgan fingerprint density at radius 2 is 0.568 bits per heavy atom. The van der Waals surface area contributed by atoms with Gasteiger partial charge in [0.2, 0.25) is 5.91 Å². The summed E-state index contributed by atoms with van der Waals surface area (Å²) in [6, 6.07) is -0.626. The van der Waals surface area contributed by atoms with Crippen molar-refractivity contribution in [1.82, 2.24) is 5.32 Å². The molecule has 3 N–H and O–H groups in total. The zero-order chi connectivity index (χ0) is 63.5. The summed E-state index contributed by atoms with van der Waals surface area (Å²) >= 11 is 0. The van der Waals surface area contributed by atoms with E-state index in [2.05, 4.69) is 43.5 Å². The van der Waals surface area contributed by atoms with E-state index < -0.39 is 12.1 Å². The Morgan fingerprint density at radius 1 is 0.318 bits per heavy atom. The molecule has 0 aromatic heterocycles. The fourth-order valence-electron chi connectivity index (χ4n) is 12.8. The third kappa shape index (κ3) is 73.1. The van der Waals surface area contributed by atoms with Crippen molar-refractivity contribution in [3.63, 3.8) is 0 Å². The van der Waals surface area contributed by atoms with Crippen LogP contribution < -0.4 is 5.32 Å². The lowest BCUT2D eigenvalue weighted by Crippen LogP contribution is -2.45. The first kappa shape index (κ1) is 86.1. The number of esters is 1. The van der Waals surface area contributed by atoms with Crippen LogP contribution in [0.3, 0.4) is 0 Å². The molecule has 0 aliphatic heterocycles. The zero-order valence-corrected chi connectivity index (χ0v) is 59.7. The predicted octanol–water partition coefficient (Wildman–Crippen LogP) is 26.6. The largest absolute Gasteiger partial charge is 0.466 e. The molecular weight excluding hydrogens is 1080 g/mol. The fraction of sp³-hybridized carbons (Fsp3) is 0.902. The SMILES string of the molecule is CCCCCCCCCCCCCCCC/C=C/C(O)C(CO)NC(=O)CCCCCCCCCCCCCCCCCCC/C=C\C/C=C\CCCCCCCCCCCCCCCCCOC(=O)CCCCCCCCCCCCCCCCCC. The highest BCUT2D eigenvalue weighted by molar-refractivity contribution is 5.76. The van der Waals surface area contributed by atoms with Gasteiger partial charge in [-0.25, -0.2) is 0 Å². The highest BCUT2D eigenvalue weighted by Gasteiger charge is 2.18. The number of hydrogen-bond acceptors (Lipinski definition) is 5. The van der Waals surface area contributed by atoms with Crippen molar-refractivity contribution < 1.29 is 24.5 Å². The van der Waals surface area contributed by atoms with Gasteiger partial charge in [0.1, 0.15) is 0 Å². The van der Waals surface area contributed by atoms with E-state index in [0.717, 1.165) is 44.9 Å². The molecule has 6 nitrogen and oxygen atoms in total. The molecule has 2 unspecified atom stereocenters. The maximum atomic E-state index is 12.5. The van der Waals surface area contributed by atoms with Crippen molar-refractivity contribution in [3.05, 3.63) is 36.5 Å². The summed E-state index contributed by atoms with van der Waals surface area (Å²) in [5, 5.41) is 23.2. The van der Waals surface area contributed by atoms with Gasteiger partial charge in [-0.15, -0.1) is 0 Å². The number of ether oxygens (including phenoxy) is 1. The summed E-state index contributed by atoms with van der Waals surface area (Å²) < 4.78 is 5.51. The average molecular weight is 1240 g/mol. The molecule has 6 heteroatoms. The van der Waals surface area contributed by atoms with Gasteiger partial charge in [0.15, 0.2) is 0 Å². The second-order valence-corrected chi connectivity index (χ2v) is 27.8. The molecular formula is C82H157NO5. The van der Waals surface area contributed by atoms with Crippen LogP contribution in [0.1, 0.15) is 450 Å². The molecule has 0 saturated carbocycles. The standard InChI is InChI=1S/C82H157NO5/c1-3-5-7-9-11-13-15-17-19-46-50-54-58-62-66-70-74-80(85)79(78-84)83-81(86)75-71-67-63-59-55-51-47-44-42-40-38-36-34-32-30-28-26-24-22-21-23-25-27-29-31-33-35-37-39-41-43-45-49-53-57-61-65-69-73-77-88-82(87)76-72-68-64-60-56-52-48-20-18-16-14-12-10-8-6-4-2/h21-22,25,27,70,74,79-80,84-85H,3-20,23-24,26,28-69,71-73,75-78H2,1-2H3,(H,83,86)/b22-21-,27-25-,74-70+. The van der Waals surface area contributed by atoms with Crippen LogP contribution in [0.15, 0.2) is 36.5 Å². The number of unbranched alkanes of at least 4 members (excludes halogenated alkanes) is 61. The lowest BCUT2D eigenvalue weighted by molar-refractivity contribution is -0.143. The lowest BCUT2D eigenvalue weighted by Gasteiger charge is -2.20. The van der Waals surface area contributed by atoms with Crippen LogP contribution in [0, 0.1) is 0 Å². The van der Waals surface area contributed by atoms with Gasteiger partial charge in [-0.05, 0) is 64.2 Å². The molecule has 0 rings (SSSR count). The summed E-state index contributed by atoms with van der Waals surface area (Å²) in [7, 11) is 0. The number of nitrogens with one attached hydrogen (secondary N) is 1. The normalized spacial score (nSPS) is 12.6. The molecule has 0 aromatic carbocycles. The Balaban J connectivity index is 3.35. The van der Waals surface area contributed by atoms with E-state index in [-0.39, 0.29) is 18.5 Å². The minimum atomic E-state index is -0.842. The number of amides is 1. The van der Waals surface area contributed by atoms with Crippen LogP contribution in [-0.4, -0.2) is 47.4 Å². The molecule has 520 valence electrons. The molecule has 0 aliphatic carbocycles. The van der Waals surface area contributed by atoms with Crippen LogP contribution >= 0.6 is 0 Å². The van der Waals surface area contributed by atoms with Gasteiger partial charge in [-0.3, -0.25) is 9.59 Å². The topological polar surface area (TPSA) is 95.9 Å². The highest BCUT2D eigenvalue weighted by atomic mass is 16.5. The van der Waals surface area contributed by atoms with Crippen molar-refractivity contribution in [2.75, 3.05) is 13.2 Å². The summed E-state index contributed by atoms with van der Waals surface area (Å²) in [4.78, 5) is 24.6. The Kier molecular flexibility index (Phi) is 75.8. The van der Waals surface area contributed by atoms with Crippen molar-refractivity contribution in [3.8, 4) is 0 Å². The zero-order valence-electron chi connectivity index (χ0n) is 59.7. The first-order valence-corrected chi connectivity index (χ1v) is 40.3. The molecule has 0 radical (unpaired) electrons. The van der Waals surface area contributed by atoms with Gasteiger partial charge < -0.3 is 20.3 Å². The number of aliphatic hydroxyl groups excluding tert-OH is 2. The lowest BCUT2D eigenvalue weighted by atomic mass is 10.0. The van der Waals surface area contributed by atoms with E-state index in [0.29, 0.717) is 19.4 Å². The summed E-state index contributed by atoms with van der Waals surface area (Å²) in [6.45, 7) is 4.95. The monoisotopic (exact) mass is 1240 g/mol. The van der Waals surface area contributed by atoms with Crippen LogP contribution in [-0.2, 0) is 14.3 Å². The third-order valence-electron chi connectivity index (χ3n) is 18.9. The summed E-state index contributed by atoms with van der Waals surface area (Å²) in [6.07, 6.45) is 101. The van der Waals surface area contributed by atoms with Crippen molar-refractivity contribution in [2.24, 2.45) is 0 Å². The third-order valence-corrected chi connectivity index (χ3v) is 18.9. The van der Waals surface area contributed by atoms with Crippen molar-refractivity contribution in [2.45, 2.75) is 463 Å². The number of aliphatic hydroxyl groups is 2. The number of hydrogen-bond donors (Lipinski definition) is 3. The smallest absolute Gasteiger partial charge is 0.305 e. The van der Waals surface area contributed by atoms with E-state index in [1.807, 2.05) is 6.08 Å². The van der Waals surface area contributed by atoms with Crippen LogP contribution in [0.5, 0.6) is 0 Å². The Morgan fingerprint density at radius 3 is 0.864 bits per heavy atom. The predicted molar refractivity (Wildman–Crippen MR) is 389 cm³/mol. The van der Waals surface area contributed by atoms with Gasteiger partial charge in [-0.2, -0.15) is 0 Å². The second-order valence-electron chi connectivity index (χ2n) is 27.8. The maximum absolute atomic E-state index is 12.5. The van der Waals surface area contributed by atoms with E-state index in [4.69, 9.17) is 4.74 Å². The molecule has 0 aromatic rings. The van der Waals surface area contributed by atoms with E-state index in [1.54, 1.807) is 6.08 Å². The van der Waals surface area contributed by atoms with Crippen LogP contribution in [0.2, 0.25) is 0 Å². The molecule has 0 heterocycles. The number of allylic oxidation sites excluding steroid dienone is 5. The average Bonchev–Trinajstić information content (AvgIpc) is 3.58. The molecule has 0 saturated heterocycles. The molecule has 2 atom stereocenters. The second kappa shape index (κ2) is 77.5.